The molecule has 1 N–H and O–H groups in total. The Balaban J connectivity index is 2.88. The van der Waals surface area contributed by atoms with E-state index in [1.807, 2.05) is 6.07 Å². The summed E-state index contributed by atoms with van der Waals surface area (Å²) in [5.74, 6) is 0.144. The molecule has 2 aromatic rings. The van der Waals surface area contributed by atoms with Crippen molar-refractivity contribution in [3.05, 3.63) is 51.4 Å². The van der Waals surface area contributed by atoms with Crippen LogP contribution in [0.25, 0.3) is 11.1 Å². The molecule has 2 rings (SSSR count). The summed E-state index contributed by atoms with van der Waals surface area (Å²) in [6, 6.07) is 10.2. The van der Waals surface area contributed by atoms with Crippen LogP contribution in [0.15, 0.2) is 29.1 Å². The number of ketones is 1. The first-order valence-corrected chi connectivity index (χ1v) is 6.29. The van der Waals surface area contributed by atoms with Gasteiger partial charge < -0.3 is 9.72 Å². The van der Waals surface area contributed by atoms with Gasteiger partial charge in [0.25, 0.3) is 5.56 Å². The van der Waals surface area contributed by atoms with Crippen molar-refractivity contribution in [1.82, 2.24) is 4.98 Å². The number of rotatable bonds is 3. The third kappa shape index (κ3) is 2.46. The van der Waals surface area contributed by atoms with Crippen molar-refractivity contribution in [2.24, 2.45) is 0 Å². The maximum atomic E-state index is 12.0. The average Bonchev–Trinajstić information content (AvgIpc) is 2.53. The standard InChI is InChI=1S/C16H11N3O3/c1-9(20)15-12(7-17)14(13(8-18)16(21)19-15)10-3-5-11(22-2)6-4-10/h3-6H,1-2H3,(H,19,21). The number of aromatic amines is 1. The molecule has 6 nitrogen and oxygen atoms in total. The average molecular weight is 293 g/mol. The van der Waals surface area contributed by atoms with Gasteiger partial charge >= 0.3 is 0 Å². The molecule has 22 heavy (non-hydrogen) atoms. The number of ether oxygens (including phenoxy) is 1. The zero-order valence-electron chi connectivity index (χ0n) is 11.9. The van der Waals surface area contributed by atoms with Crippen LogP contribution in [0.2, 0.25) is 0 Å². The van der Waals surface area contributed by atoms with E-state index in [-0.39, 0.29) is 22.4 Å². The van der Waals surface area contributed by atoms with Crippen LogP contribution >= 0.6 is 0 Å². The summed E-state index contributed by atoms with van der Waals surface area (Å²) in [5.41, 5.74) is -0.375. The third-order valence-corrected chi connectivity index (χ3v) is 3.17. The molecular weight excluding hydrogens is 282 g/mol. The van der Waals surface area contributed by atoms with Crippen LogP contribution in [0.1, 0.15) is 28.5 Å². The molecule has 0 aliphatic rings. The Morgan fingerprint density at radius 1 is 1.14 bits per heavy atom. The number of nitrogens with zero attached hydrogens (tertiary/aromatic N) is 2. The second-order valence-corrected chi connectivity index (χ2v) is 4.46. The molecule has 0 spiro atoms. The maximum Gasteiger partial charge on any atom is 0.267 e. The van der Waals surface area contributed by atoms with Crippen LogP contribution < -0.4 is 10.3 Å². The fraction of sp³-hybridized carbons (Fsp3) is 0.125. The summed E-state index contributed by atoms with van der Waals surface area (Å²) in [7, 11) is 1.51. The molecule has 0 radical (unpaired) electrons. The molecule has 1 aromatic heterocycles. The quantitative estimate of drug-likeness (QED) is 0.871. The zero-order chi connectivity index (χ0) is 16.3. The molecule has 0 fully saturated rings. The highest BCUT2D eigenvalue weighted by Gasteiger charge is 2.21. The lowest BCUT2D eigenvalue weighted by Gasteiger charge is -2.10. The Kier molecular flexibility index (Phi) is 4.06. The Labute approximate surface area is 126 Å². The number of nitriles is 2. The van der Waals surface area contributed by atoms with Gasteiger partial charge in [-0.15, -0.1) is 0 Å². The number of hydrogen-bond acceptors (Lipinski definition) is 5. The van der Waals surface area contributed by atoms with E-state index in [0.29, 0.717) is 11.3 Å². The maximum absolute atomic E-state index is 12.0. The minimum absolute atomic E-state index is 0.0196. The van der Waals surface area contributed by atoms with Crippen molar-refractivity contribution in [2.45, 2.75) is 6.92 Å². The summed E-state index contributed by atoms with van der Waals surface area (Å²) in [4.78, 5) is 25.9. The highest BCUT2D eigenvalue weighted by Crippen LogP contribution is 2.28. The van der Waals surface area contributed by atoms with Gasteiger partial charge in [0.2, 0.25) is 0 Å². The summed E-state index contributed by atoms with van der Waals surface area (Å²) in [6.07, 6.45) is 0. The van der Waals surface area contributed by atoms with E-state index in [4.69, 9.17) is 4.74 Å². The number of carbonyl (C=O) groups is 1. The van der Waals surface area contributed by atoms with Crippen molar-refractivity contribution in [1.29, 1.82) is 10.5 Å². The number of benzene rings is 1. The predicted octanol–water partition coefficient (Wildman–Crippen LogP) is 2.00. The van der Waals surface area contributed by atoms with E-state index in [9.17, 15) is 20.1 Å². The molecular formula is C16H11N3O3. The predicted molar refractivity (Wildman–Crippen MR) is 78.5 cm³/mol. The number of H-pyrrole nitrogens is 1. The monoisotopic (exact) mass is 293 g/mol. The van der Waals surface area contributed by atoms with Gasteiger partial charge in [0, 0.05) is 12.5 Å². The first-order chi connectivity index (χ1) is 10.5. The normalized spacial score (nSPS) is 9.64. The van der Waals surface area contributed by atoms with Crippen molar-refractivity contribution in [2.75, 3.05) is 7.11 Å². The summed E-state index contributed by atoms with van der Waals surface area (Å²) in [5, 5.41) is 18.6. The Hall–Kier alpha value is -3.38. The van der Waals surface area contributed by atoms with E-state index in [1.54, 1.807) is 30.3 Å². The van der Waals surface area contributed by atoms with E-state index < -0.39 is 11.3 Å². The number of carbonyl (C=O) groups excluding carboxylic acids is 1. The van der Waals surface area contributed by atoms with Gasteiger partial charge in [0.1, 0.15) is 29.1 Å². The van der Waals surface area contributed by atoms with E-state index in [1.165, 1.54) is 14.0 Å². The van der Waals surface area contributed by atoms with Gasteiger partial charge in [0.05, 0.1) is 12.7 Å². The van der Waals surface area contributed by atoms with Crippen LogP contribution in [0.4, 0.5) is 0 Å². The zero-order valence-corrected chi connectivity index (χ0v) is 11.9. The molecule has 0 aliphatic carbocycles. The van der Waals surface area contributed by atoms with Gasteiger partial charge in [-0.1, -0.05) is 12.1 Å². The summed E-state index contributed by atoms with van der Waals surface area (Å²) >= 11 is 0. The van der Waals surface area contributed by atoms with Crippen LogP contribution in [0.3, 0.4) is 0 Å². The Bertz CT molecular complexity index is 881. The van der Waals surface area contributed by atoms with E-state index in [2.05, 4.69) is 4.98 Å². The molecule has 0 unspecified atom stereocenters. The summed E-state index contributed by atoms with van der Waals surface area (Å²) in [6.45, 7) is 1.25. The van der Waals surface area contributed by atoms with Crippen LogP contribution in [-0.2, 0) is 0 Å². The number of hydrogen-bond donors (Lipinski definition) is 1. The fourth-order valence-corrected chi connectivity index (χ4v) is 2.13. The number of pyridine rings is 1. The Morgan fingerprint density at radius 3 is 2.18 bits per heavy atom. The lowest BCUT2D eigenvalue weighted by molar-refractivity contribution is 0.101. The molecule has 0 saturated heterocycles. The SMILES string of the molecule is COc1ccc(-c2c(C#N)c(C(C)=O)[nH]c(=O)c2C#N)cc1. The van der Waals surface area contributed by atoms with E-state index >= 15 is 0 Å². The smallest absolute Gasteiger partial charge is 0.267 e. The highest BCUT2D eigenvalue weighted by molar-refractivity contribution is 5.97. The van der Waals surface area contributed by atoms with E-state index in [0.717, 1.165) is 0 Å². The molecule has 0 bridgehead atoms. The molecule has 0 aliphatic heterocycles. The third-order valence-electron chi connectivity index (χ3n) is 3.17. The topological polar surface area (TPSA) is 107 Å². The Morgan fingerprint density at radius 2 is 1.73 bits per heavy atom. The molecule has 6 heteroatoms. The van der Waals surface area contributed by atoms with Gasteiger partial charge in [-0.25, -0.2) is 0 Å². The van der Waals surface area contributed by atoms with Crippen molar-refractivity contribution >= 4 is 5.78 Å². The number of aromatic nitrogens is 1. The fourth-order valence-electron chi connectivity index (χ4n) is 2.13. The van der Waals surface area contributed by atoms with Gasteiger partial charge in [-0.2, -0.15) is 10.5 Å². The lowest BCUT2D eigenvalue weighted by Crippen LogP contribution is -2.19. The van der Waals surface area contributed by atoms with Gasteiger partial charge in [0.15, 0.2) is 5.78 Å². The minimum Gasteiger partial charge on any atom is -0.497 e. The van der Waals surface area contributed by atoms with Crippen molar-refractivity contribution < 1.29 is 9.53 Å². The van der Waals surface area contributed by atoms with Gasteiger partial charge in [-0.05, 0) is 17.7 Å². The first kappa shape index (κ1) is 15.0. The van der Waals surface area contributed by atoms with Crippen molar-refractivity contribution in [3.8, 4) is 29.0 Å². The molecule has 0 amide bonds. The number of nitrogens with one attached hydrogen (secondary N) is 1. The second kappa shape index (κ2) is 5.94. The largest absolute Gasteiger partial charge is 0.497 e. The highest BCUT2D eigenvalue weighted by atomic mass is 16.5. The molecule has 1 heterocycles. The lowest BCUT2D eigenvalue weighted by atomic mass is 9.94. The van der Waals surface area contributed by atoms with Crippen LogP contribution in [0, 0.1) is 22.7 Å². The number of methoxy groups -OCH3 is 1. The number of Topliss-reactive ketones (excluding diaryl/α,β-unsaturated/α-hetero) is 1. The second-order valence-electron chi connectivity index (χ2n) is 4.46. The molecule has 0 saturated carbocycles. The minimum atomic E-state index is -0.697. The molecule has 108 valence electrons. The van der Waals surface area contributed by atoms with Crippen molar-refractivity contribution in [3.63, 3.8) is 0 Å². The molecule has 1 aromatic carbocycles. The van der Waals surface area contributed by atoms with Crippen LogP contribution in [0.5, 0.6) is 5.75 Å². The first-order valence-electron chi connectivity index (χ1n) is 6.29. The van der Waals surface area contributed by atoms with Gasteiger partial charge in [-0.3, -0.25) is 9.59 Å². The van der Waals surface area contributed by atoms with Crippen LogP contribution in [-0.4, -0.2) is 17.9 Å². The summed E-state index contributed by atoms with van der Waals surface area (Å²) < 4.78 is 5.05. The molecule has 0 atom stereocenters.